The molecule has 2 heterocycles. The van der Waals surface area contributed by atoms with Crippen LogP contribution in [0, 0.1) is 5.92 Å². The van der Waals surface area contributed by atoms with Gasteiger partial charge in [-0.25, -0.2) is 4.90 Å². The van der Waals surface area contributed by atoms with E-state index in [1.165, 1.54) is 4.90 Å². The molecule has 1 saturated heterocycles. The maximum absolute atomic E-state index is 13.1. The first-order chi connectivity index (χ1) is 13.6. The van der Waals surface area contributed by atoms with Gasteiger partial charge in [0.2, 0.25) is 11.8 Å². The molecule has 1 aliphatic carbocycles. The van der Waals surface area contributed by atoms with Gasteiger partial charge in [-0.05, 0) is 55.5 Å². The van der Waals surface area contributed by atoms with Crippen LogP contribution in [0.3, 0.4) is 0 Å². The Morgan fingerprint density at radius 2 is 1.96 bits per heavy atom. The SMILES string of the molecule is CCOc1ccc(N2C(=O)CC(N(Cc3cccs3)C(=O)C3CC3)C2=O)cc1. The second-order valence-electron chi connectivity index (χ2n) is 7.03. The summed E-state index contributed by atoms with van der Waals surface area (Å²) < 4.78 is 5.42. The Balaban J connectivity index is 1.57. The van der Waals surface area contributed by atoms with Crippen LogP contribution in [0.1, 0.15) is 31.1 Å². The summed E-state index contributed by atoms with van der Waals surface area (Å²) in [7, 11) is 0. The van der Waals surface area contributed by atoms with Crippen molar-refractivity contribution in [2.45, 2.75) is 38.8 Å². The van der Waals surface area contributed by atoms with E-state index in [-0.39, 0.29) is 30.1 Å². The first-order valence-corrected chi connectivity index (χ1v) is 10.4. The zero-order chi connectivity index (χ0) is 19.7. The van der Waals surface area contributed by atoms with Crippen molar-refractivity contribution >= 4 is 34.7 Å². The summed E-state index contributed by atoms with van der Waals surface area (Å²) in [5.41, 5.74) is 0.510. The van der Waals surface area contributed by atoms with Crippen molar-refractivity contribution in [1.29, 1.82) is 0 Å². The van der Waals surface area contributed by atoms with Crippen molar-refractivity contribution in [2.24, 2.45) is 5.92 Å². The van der Waals surface area contributed by atoms with E-state index >= 15 is 0 Å². The highest BCUT2D eigenvalue weighted by Crippen LogP contribution is 2.35. The van der Waals surface area contributed by atoms with Crippen LogP contribution in [0.2, 0.25) is 0 Å². The number of nitrogens with zero attached hydrogens (tertiary/aromatic N) is 2. The summed E-state index contributed by atoms with van der Waals surface area (Å²) in [5.74, 6) is 0.0410. The highest BCUT2D eigenvalue weighted by atomic mass is 32.1. The van der Waals surface area contributed by atoms with Crippen molar-refractivity contribution < 1.29 is 19.1 Å². The molecular weight excluding hydrogens is 376 g/mol. The summed E-state index contributed by atoms with van der Waals surface area (Å²) >= 11 is 1.55. The molecule has 1 saturated carbocycles. The van der Waals surface area contributed by atoms with Crippen LogP contribution in [0.25, 0.3) is 0 Å². The number of hydrogen-bond donors (Lipinski definition) is 0. The topological polar surface area (TPSA) is 66.9 Å². The van der Waals surface area contributed by atoms with E-state index in [1.54, 1.807) is 40.5 Å². The second-order valence-corrected chi connectivity index (χ2v) is 8.07. The molecule has 2 aromatic rings. The van der Waals surface area contributed by atoms with E-state index in [9.17, 15) is 14.4 Å². The average molecular weight is 398 g/mol. The highest BCUT2D eigenvalue weighted by molar-refractivity contribution is 7.09. The number of ether oxygens (including phenoxy) is 1. The van der Waals surface area contributed by atoms with Crippen LogP contribution < -0.4 is 9.64 Å². The predicted molar refractivity (Wildman–Crippen MR) is 106 cm³/mol. The fourth-order valence-corrected chi connectivity index (χ4v) is 4.17. The number of carbonyl (C=O) groups excluding carboxylic acids is 3. The van der Waals surface area contributed by atoms with Crippen LogP contribution in [0.15, 0.2) is 41.8 Å². The Morgan fingerprint density at radius 1 is 1.21 bits per heavy atom. The van der Waals surface area contributed by atoms with E-state index in [0.29, 0.717) is 24.6 Å². The third kappa shape index (κ3) is 3.67. The lowest BCUT2D eigenvalue weighted by molar-refractivity contribution is -0.140. The van der Waals surface area contributed by atoms with Crippen molar-refractivity contribution in [3.8, 4) is 5.75 Å². The standard InChI is InChI=1S/C21H22N2O4S/c1-2-27-16-9-7-15(8-10-16)23-19(24)12-18(21(23)26)22(20(25)14-5-6-14)13-17-4-3-11-28-17/h3-4,7-11,14,18H,2,5-6,12-13H2,1H3. The van der Waals surface area contributed by atoms with Gasteiger partial charge in [0, 0.05) is 10.8 Å². The Hall–Kier alpha value is -2.67. The largest absolute Gasteiger partial charge is 0.494 e. The first kappa shape index (κ1) is 18.7. The molecule has 1 atom stereocenters. The van der Waals surface area contributed by atoms with Crippen molar-refractivity contribution in [1.82, 2.24) is 4.90 Å². The number of amides is 3. The average Bonchev–Trinajstić information content (AvgIpc) is 3.34. The molecule has 1 aliphatic heterocycles. The van der Waals surface area contributed by atoms with Gasteiger partial charge in [-0.3, -0.25) is 14.4 Å². The van der Waals surface area contributed by atoms with Crippen LogP contribution in [-0.2, 0) is 20.9 Å². The molecule has 1 aromatic heterocycles. The molecule has 2 aliphatic rings. The van der Waals surface area contributed by atoms with Gasteiger partial charge in [0.25, 0.3) is 5.91 Å². The molecule has 0 N–H and O–H groups in total. The molecule has 4 rings (SSSR count). The minimum Gasteiger partial charge on any atom is -0.494 e. The van der Waals surface area contributed by atoms with Gasteiger partial charge < -0.3 is 9.64 Å². The zero-order valence-corrected chi connectivity index (χ0v) is 16.5. The van der Waals surface area contributed by atoms with Gasteiger partial charge in [-0.2, -0.15) is 0 Å². The number of benzene rings is 1. The van der Waals surface area contributed by atoms with Gasteiger partial charge in [0.1, 0.15) is 11.8 Å². The van der Waals surface area contributed by atoms with Crippen molar-refractivity contribution in [3.63, 3.8) is 0 Å². The van der Waals surface area contributed by atoms with Crippen LogP contribution in [0.4, 0.5) is 5.69 Å². The Labute approximate surface area is 167 Å². The van der Waals surface area contributed by atoms with Crippen LogP contribution in [0.5, 0.6) is 5.75 Å². The summed E-state index contributed by atoms with van der Waals surface area (Å²) in [6, 6.07) is 10.0. The van der Waals surface area contributed by atoms with E-state index in [2.05, 4.69) is 0 Å². The van der Waals surface area contributed by atoms with E-state index in [0.717, 1.165) is 17.7 Å². The lowest BCUT2D eigenvalue weighted by Gasteiger charge is -2.27. The molecule has 1 aromatic carbocycles. The molecule has 0 bridgehead atoms. The number of rotatable bonds is 7. The smallest absolute Gasteiger partial charge is 0.257 e. The normalized spacial score (nSPS) is 19.2. The Kier molecular flexibility index (Phi) is 5.17. The fraction of sp³-hybridized carbons (Fsp3) is 0.381. The van der Waals surface area contributed by atoms with Gasteiger partial charge in [-0.1, -0.05) is 6.07 Å². The van der Waals surface area contributed by atoms with Gasteiger partial charge in [-0.15, -0.1) is 11.3 Å². The van der Waals surface area contributed by atoms with Gasteiger partial charge >= 0.3 is 0 Å². The minimum atomic E-state index is -0.741. The second kappa shape index (κ2) is 7.75. The monoisotopic (exact) mass is 398 g/mol. The Morgan fingerprint density at radius 3 is 2.57 bits per heavy atom. The van der Waals surface area contributed by atoms with Gasteiger partial charge in [0.15, 0.2) is 0 Å². The summed E-state index contributed by atoms with van der Waals surface area (Å²) in [4.78, 5) is 42.5. The van der Waals surface area contributed by atoms with Gasteiger partial charge in [0.05, 0.1) is 25.3 Å². The van der Waals surface area contributed by atoms with E-state index < -0.39 is 6.04 Å². The molecule has 146 valence electrons. The molecule has 6 nitrogen and oxygen atoms in total. The molecule has 2 fully saturated rings. The quantitative estimate of drug-likeness (QED) is 0.672. The van der Waals surface area contributed by atoms with E-state index in [1.807, 2.05) is 24.4 Å². The summed E-state index contributed by atoms with van der Waals surface area (Å²) in [5, 5.41) is 1.95. The molecule has 7 heteroatoms. The molecule has 0 radical (unpaired) electrons. The van der Waals surface area contributed by atoms with E-state index in [4.69, 9.17) is 4.74 Å². The predicted octanol–water partition coefficient (Wildman–Crippen LogP) is 3.22. The lowest BCUT2D eigenvalue weighted by atomic mass is 10.1. The number of imide groups is 1. The summed E-state index contributed by atoms with van der Waals surface area (Å²) in [6.45, 7) is 2.81. The molecular formula is C21H22N2O4S. The number of hydrogen-bond acceptors (Lipinski definition) is 5. The molecule has 3 amide bonds. The molecule has 1 unspecified atom stereocenters. The third-order valence-electron chi connectivity index (χ3n) is 5.02. The number of anilines is 1. The third-order valence-corrected chi connectivity index (χ3v) is 5.88. The number of carbonyl (C=O) groups is 3. The summed E-state index contributed by atoms with van der Waals surface area (Å²) in [6.07, 6.45) is 1.74. The van der Waals surface area contributed by atoms with Crippen molar-refractivity contribution in [3.05, 3.63) is 46.7 Å². The van der Waals surface area contributed by atoms with Crippen LogP contribution >= 0.6 is 11.3 Å². The lowest BCUT2D eigenvalue weighted by Crippen LogP contribution is -2.45. The first-order valence-electron chi connectivity index (χ1n) is 9.51. The molecule has 28 heavy (non-hydrogen) atoms. The maximum Gasteiger partial charge on any atom is 0.257 e. The fourth-order valence-electron chi connectivity index (χ4n) is 3.47. The maximum atomic E-state index is 13.1. The van der Waals surface area contributed by atoms with Crippen molar-refractivity contribution in [2.75, 3.05) is 11.5 Å². The number of thiophene rings is 1. The minimum absolute atomic E-state index is 0.0117. The Bertz CT molecular complexity index is 874. The highest BCUT2D eigenvalue weighted by Gasteiger charge is 2.46. The van der Waals surface area contributed by atoms with Crippen LogP contribution in [-0.4, -0.2) is 35.3 Å². The molecule has 0 spiro atoms. The zero-order valence-electron chi connectivity index (χ0n) is 15.7.